The summed E-state index contributed by atoms with van der Waals surface area (Å²) in [5.41, 5.74) is 0.935. The van der Waals surface area contributed by atoms with Crippen LogP contribution in [0.1, 0.15) is 12.1 Å². The topological polar surface area (TPSA) is 57.0 Å². The van der Waals surface area contributed by atoms with Crippen molar-refractivity contribution in [3.8, 4) is 6.07 Å². The summed E-state index contributed by atoms with van der Waals surface area (Å²) in [7, 11) is 0. The molecule has 1 aliphatic rings. The summed E-state index contributed by atoms with van der Waals surface area (Å²) in [6.07, 6.45) is 2.09. The highest BCUT2D eigenvalue weighted by atomic mass is 79.9. The van der Waals surface area contributed by atoms with Gasteiger partial charge in [0, 0.05) is 24.5 Å². The van der Waals surface area contributed by atoms with E-state index in [2.05, 4.69) is 20.9 Å². The van der Waals surface area contributed by atoms with E-state index in [1.807, 2.05) is 6.07 Å². The molecule has 0 radical (unpaired) electrons. The van der Waals surface area contributed by atoms with Crippen molar-refractivity contribution in [1.29, 1.82) is 5.26 Å². The van der Waals surface area contributed by atoms with Gasteiger partial charge < -0.3 is 4.90 Å². The molecule has 2 rings (SSSR count). The van der Waals surface area contributed by atoms with E-state index in [-0.39, 0.29) is 5.91 Å². The number of nitriles is 1. The molecule has 1 amide bonds. The largest absolute Gasteiger partial charge is 0.309 e. The summed E-state index contributed by atoms with van der Waals surface area (Å²) in [4.78, 5) is 17.4. The highest BCUT2D eigenvalue weighted by molar-refractivity contribution is 9.09. The Kier molecular flexibility index (Phi) is 3.20. The van der Waals surface area contributed by atoms with Gasteiger partial charge in [0.1, 0.15) is 6.07 Å². The number of aromatic nitrogens is 1. The number of hydrogen-bond acceptors (Lipinski definition) is 3. The highest BCUT2D eigenvalue weighted by Crippen LogP contribution is 2.27. The van der Waals surface area contributed by atoms with Crippen molar-refractivity contribution in [1.82, 2.24) is 4.98 Å². The van der Waals surface area contributed by atoms with Crippen LogP contribution in [-0.2, 0) is 4.79 Å². The molecule has 1 aromatic rings. The third-order valence-electron chi connectivity index (χ3n) is 2.61. The number of nitrogens with zero attached hydrogens (tertiary/aromatic N) is 3. The Hall–Kier alpha value is -1.41. The minimum atomic E-state index is 0.0638. The van der Waals surface area contributed by atoms with E-state index in [4.69, 9.17) is 5.26 Å². The highest BCUT2D eigenvalue weighted by Gasteiger charge is 2.31. The maximum absolute atomic E-state index is 11.8. The Morgan fingerprint density at radius 1 is 1.69 bits per heavy atom. The molecule has 4 nitrogen and oxygen atoms in total. The SMILES string of the molecule is N#Cc1ncccc1N1CC(CBr)CC1=O. The van der Waals surface area contributed by atoms with Crippen molar-refractivity contribution in [2.24, 2.45) is 5.92 Å². The lowest BCUT2D eigenvalue weighted by Gasteiger charge is -2.16. The molecule has 0 saturated carbocycles. The molecule has 1 unspecified atom stereocenters. The van der Waals surface area contributed by atoms with Gasteiger partial charge in [-0.3, -0.25) is 4.79 Å². The number of hydrogen-bond donors (Lipinski definition) is 0. The summed E-state index contributed by atoms with van der Waals surface area (Å²) in [5, 5.41) is 9.73. The number of amides is 1. The predicted molar refractivity (Wildman–Crippen MR) is 63.2 cm³/mol. The molecule has 1 atom stereocenters. The van der Waals surface area contributed by atoms with Crippen LogP contribution in [0.5, 0.6) is 0 Å². The van der Waals surface area contributed by atoms with E-state index < -0.39 is 0 Å². The normalized spacial score (nSPS) is 19.9. The second kappa shape index (κ2) is 4.62. The fraction of sp³-hybridized carbons (Fsp3) is 0.364. The molecule has 0 aromatic carbocycles. The van der Waals surface area contributed by atoms with Gasteiger partial charge in [0.15, 0.2) is 5.69 Å². The fourth-order valence-electron chi connectivity index (χ4n) is 1.82. The molecule has 16 heavy (non-hydrogen) atoms. The molecule has 0 aliphatic carbocycles. The monoisotopic (exact) mass is 279 g/mol. The van der Waals surface area contributed by atoms with Crippen LogP contribution in [-0.4, -0.2) is 22.8 Å². The average molecular weight is 280 g/mol. The first-order valence-electron chi connectivity index (χ1n) is 4.97. The van der Waals surface area contributed by atoms with Crippen molar-refractivity contribution in [2.45, 2.75) is 6.42 Å². The molecule has 1 aliphatic heterocycles. The molecule has 1 aromatic heterocycles. The van der Waals surface area contributed by atoms with Gasteiger partial charge in [0.05, 0.1) is 5.69 Å². The number of alkyl halides is 1. The van der Waals surface area contributed by atoms with Gasteiger partial charge in [0.2, 0.25) is 5.91 Å². The zero-order valence-electron chi connectivity index (χ0n) is 8.56. The lowest BCUT2D eigenvalue weighted by molar-refractivity contribution is -0.117. The van der Waals surface area contributed by atoms with Crippen molar-refractivity contribution >= 4 is 27.5 Å². The first-order valence-corrected chi connectivity index (χ1v) is 6.10. The van der Waals surface area contributed by atoms with Crippen LogP contribution in [0.4, 0.5) is 5.69 Å². The molecular formula is C11H10BrN3O. The van der Waals surface area contributed by atoms with E-state index >= 15 is 0 Å². The molecule has 0 bridgehead atoms. The second-order valence-electron chi connectivity index (χ2n) is 3.71. The Morgan fingerprint density at radius 2 is 2.50 bits per heavy atom. The first-order chi connectivity index (χ1) is 7.76. The molecule has 1 saturated heterocycles. The Bertz CT molecular complexity index is 455. The summed E-state index contributed by atoms with van der Waals surface area (Å²) in [6, 6.07) is 5.51. The third-order valence-corrected chi connectivity index (χ3v) is 3.52. The van der Waals surface area contributed by atoms with E-state index in [9.17, 15) is 4.79 Å². The van der Waals surface area contributed by atoms with Crippen LogP contribution in [0.15, 0.2) is 18.3 Å². The summed E-state index contributed by atoms with van der Waals surface area (Å²) >= 11 is 3.38. The minimum Gasteiger partial charge on any atom is -0.309 e. The average Bonchev–Trinajstić information content (AvgIpc) is 2.70. The standard InChI is InChI=1S/C11H10BrN3O/c12-5-8-4-11(16)15(7-8)10-2-1-3-14-9(10)6-13/h1-3,8H,4-5,7H2. The molecule has 1 fully saturated rings. The van der Waals surface area contributed by atoms with Gasteiger partial charge in [-0.1, -0.05) is 15.9 Å². The van der Waals surface area contributed by atoms with Crippen LogP contribution >= 0.6 is 15.9 Å². The fourth-order valence-corrected chi connectivity index (χ4v) is 2.25. The number of carbonyl (C=O) groups excluding carboxylic acids is 1. The Morgan fingerprint density at radius 3 is 3.12 bits per heavy atom. The number of carbonyl (C=O) groups is 1. The van der Waals surface area contributed by atoms with E-state index in [1.165, 1.54) is 0 Å². The van der Waals surface area contributed by atoms with Gasteiger partial charge in [-0.2, -0.15) is 5.26 Å². The predicted octanol–water partition coefficient (Wildman–Crippen LogP) is 1.70. The number of halogens is 1. The zero-order chi connectivity index (χ0) is 11.5. The number of pyridine rings is 1. The van der Waals surface area contributed by atoms with Crippen LogP contribution in [0.2, 0.25) is 0 Å². The Balaban J connectivity index is 2.32. The smallest absolute Gasteiger partial charge is 0.227 e. The quantitative estimate of drug-likeness (QED) is 0.775. The summed E-state index contributed by atoms with van der Waals surface area (Å²) < 4.78 is 0. The van der Waals surface area contributed by atoms with Crippen molar-refractivity contribution < 1.29 is 4.79 Å². The van der Waals surface area contributed by atoms with Gasteiger partial charge in [-0.15, -0.1) is 0 Å². The molecular weight excluding hydrogens is 270 g/mol. The first kappa shape index (κ1) is 11.1. The lowest BCUT2D eigenvalue weighted by Crippen LogP contribution is -2.25. The van der Waals surface area contributed by atoms with Gasteiger partial charge in [0.25, 0.3) is 0 Å². The van der Waals surface area contributed by atoms with Crippen LogP contribution in [0, 0.1) is 17.2 Å². The van der Waals surface area contributed by atoms with Gasteiger partial charge in [-0.25, -0.2) is 4.98 Å². The molecule has 0 spiro atoms. The summed E-state index contributed by atoms with van der Waals surface area (Å²) in [5.74, 6) is 0.383. The minimum absolute atomic E-state index is 0.0638. The summed E-state index contributed by atoms with van der Waals surface area (Å²) in [6.45, 7) is 0.657. The van der Waals surface area contributed by atoms with Crippen molar-refractivity contribution in [3.63, 3.8) is 0 Å². The van der Waals surface area contributed by atoms with Gasteiger partial charge >= 0.3 is 0 Å². The van der Waals surface area contributed by atoms with Crippen LogP contribution in [0.3, 0.4) is 0 Å². The Labute approximate surface area is 102 Å². The second-order valence-corrected chi connectivity index (χ2v) is 4.36. The number of rotatable bonds is 2. The van der Waals surface area contributed by atoms with E-state index in [0.29, 0.717) is 30.3 Å². The third kappa shape index (κ3) is 1.93. The van der Waals surface area contributed by atoms with Crippen molar-refractivity contribution in [2.75, 3.05) is 16.8 Å². The molecule has 82 valence electrons. The van der Waals surface area contributed by atoms with Crippen LogP contribution in [0.25, 0.3) is 0 Å². The lowest BCUT2D eigenvalue weighted by atomic mass is 10.2. The van der Waals surface area contributed by atoms with Crippen LogP contribution < -0.4 is 4.90 Å². The molecule has 2 heterocycles. The van der Waals surface area contributed by atoms with Gasteiger partial charge in [-0.05, 0) is 18.1 Å². The van der Waals surface area contributed by atoms with Crippen molar-refractivity contribution in [3.05, 3.63) is 24.0 Å². The zero-order valence-corrected chi connectivity index (χ0v) is 10.1. The van der Waals surface area contributed by atoms with E-state index in [1.54, 1.807) is 23.2 Å². The number of anilines is 1. The molecule has 0 N–H and O–H groups in total. The maximum Gasteiger partial charge on any atom is 0.227 e. The maximum atomic E-state index is 11.8. The van der Waals surface area contributed by atoms with E-state index in [0.717, 1.165) is 5.33 Å². The molecule has 5 heteroatoms.